The van der Waals surface area contributed by atoms with Gasteiger partial charge in [0.2, 0.25) is 5.91 Å². The molecular formula is C22H19N3O4. The van der Waals surface area contributed by atoms with Gasteiger partial charge in [-0.1, -0.05) is 12.1 Å². The summed E-state index contributed by atoms with van der Waals surface area (Å²) in [4.78, 5) is 36.5. The summed E-state index contributed by atoms with van der Waals surface area (Å²) in [6.45, 7) is 1.91. The van der Waals surface area contributed by atoms with Crippen molar-refractivity contribution in [3.8, 4) is 12.3 Å². The highest BCUT2D eigenvalue weighted by Gasteiger charge is 2.25. The Bertz CT molecular complexity index is 1080. The zero-order valence-electron chi connectivity index (χ0n) is 15.7. The Morgan fingerprint density at radius 1 is 1.24 bits per heavy atom. The Morgan fingerprint density at radius 2 is 2.00 bits per heavy atom. The number of aryl methyl sites for hydroxylation is 2. The summed E-state index contributed by atoms with van der Waals surface area (Å²) in [5, 5.41) is 14.1. The molecule has 0 bridgehead atoms. The Hall–Kier alpha value is -3.89. The van der Waals surface area contributed by atoms with E-state index < -0.39 is 11.8 Å². The van der Waals surface area contributed by atoms with E-state index >= 15 is 0 Å². The fourth-order valence-electron chi connectivity index (χ4n) is 3.16. The van der Waals surface area contributed by atoms with Crippen LogP contribution in [-0.4, -0.2) is 22.9 Å². The predicted octanol–water partition coefficient (Wildman–Crippen LogP) is 2.40. The molecule has 1 heterocycles. The minimum atomic E-state index is -0.748. The molecule has 0 aliphatic carbocycles. The van der Waals surface area contributed by atoms with E-state index in [1.54, 1.807) is 18.2 Å². The van der Waals surface area contributed by atoms with Gasteiger partial charge in [0, 0.05) is 23.6 Å². The van der Waals surface area contributed by atoms with Crippen LogP contribution in [0.1, 0.15) is 43.8 Å². The van der Waals surface area contributed by atoms with Crippen LogP contribution in [0.5, 0.6) is 0 Å². The first kappa shape index (κ1) is 19.9. The number of benzene rings is 2. The molecule has 0 saturated carbocycles. The number of hydrogen-bond donors (Lipinski definition) is 4. The quantitative estimate of drug-likeness (QED) is 0.273. The van der Waals surface area contributed by atoms with Crippen LogP contribution >= 0.6 is 0 Å². The number of hydrogen-bond acceptors (Lipinski definition) is 4. The number of anilines is 1. The van der Waals surface area contributed by atoms with Crippen molar-refractivity contribution in [1.29, 1.82) is 0 Å². The van der Waals surface area contributed by atoms with E-state index in [0.29, 0.717) is 29.7 Å². The molecule has 0 aromatic heterocycles. The highest BCUT2D eigenvalue weighted by Crippen LogP contribution is 2.28. The zero-order valence-corrected chi connectivity index (χ0v) is 15.7. The average Bonchev–Trinajstić information content (AvgIpc) is 3.00. The summed E-state index contributed by atoms with van der Waals surface area (Å²) in [5.41, 5.74) is 5.33. The van der Waals surface area contributed by atoms with Gasteiger partial charge in [-0.05, 0) is 48.7 Å². The number of fused-ring (bicyclic) bond motifs is 1. The van der Waals surface area contributed by atoms with E-state index in [0.717, 1.165) is 11.1 Å². The average molecular weight is 389 g/mol. The lowest BCUT2D eigenvalue weighted by Gasteiger charge is -2.09. The molecule has 0 spiro atoms. The number of para-hydroxylation sites is 1. The van der Waals surface area contributed by atoms with Crippen LogP contribution in [0, 0.1) is 19.3 Å². The van der Waals surface area contributed by atoms with Crippen molar-refractivity contribution in [3.05, 3.63) is 70.3 Å². The van der Waals surface area contributed by atoms with E-state index in [4.69, 9.17) is 11.6 Å². The van der Waals surface area contributed by atoms with Gasteiger partial charge in [0.05, 0.1) is 16.9 Å². The molecule has 3 rings (SSSR count). The van der Waals surface area contributed by atoms with Gasteiger partial charge in [-0.15, -0.1) is 12.3 Å². The molecule has 7 heteroatoms. The maximum Gasteiger partial charge on any atom is 0.276 e. The van der Waals surface area contributed by atoms with Gasteiger partial charge in [0.25, 0.3) is 11.8 Å². The molecule has 7 nitrogen and oxygen atoms in total. The Morgan fingerprint density at radius 3 is 2.72 bits per heavy atom. The molecule has 0 unspecified atom stereocenters. The second kappa shape index (κ2) is 8.42. The normalized spacial score (nSPS) is 13.4. The van der Waals surface area contributed by atoms with Crippen molar-refractivity contribution in [2.75, 3.05) is 5.32 Å². The molecule has 0 atom stereocenters. The third kappa shape index (κ3) is 4.18. The number of hydroxylamine groups is 1. The summed E-state index contributed by atoms with van der Waals surface area (Å²) < 4.78 is 0. The number of nitrogens with one attached hydrogen (secondary N) is 3. The minimum absolute atomic E-state index is 0.102. The first-order valence-corrected chi connectivity index (χ1v) is 8.89. The second-order valence-corrected chi connectivity index (χ2v) is 6.52. The van der Waals surface area contributed by atoms with Crippen LogP contribution < -0.4 is 16.1 Å². The number of amides is 3. The van der Waals surface area contributed by atoms with Crippen molar-refractivity contribution in [3.63, 3.8) is 0 Å². The topological polar surface area (TPSA) is 108 Å². The second-order valence-electron chi connectivity index (χ2n) is 6.52. The molecule has 0 saturated heterocycles. The Labute approximate surface area is 167 Å². The van der Waals surface area contributed by atoms with Gasteiger partial charge in [0.1, 0.15) is 0 Å². The van der Waals surface area contributed by atoms with Gasteiger partial charge in [-0.2, -0.15) is 0 Å². The van der Waals surface area contributed by atoms with Crippen molar-refractivity contribution < 1.29 is 19.6 Å². The van der Waals surface area contributed by atoms with Gasteiger partial charge in [0.15, 0.2) is 0 Å². The SMILES string of the molecule is C#CCCc1cc2c(cc1C)C(=O)N/C2=C\C(=O)Nc1ccccc1C(=O)NO. The van der Waals surface area contributed by atoms with Crippen molar-refractivity contribution >= 4 is 29.1 Å². The van der Waals surface area contributed by atoms with Gasteiger partial charge in [-0.25, -0.2) is 5.48 Å². The van der Waals surface area contributed by atoms with Crippen molar-refractivity contribution in [2.45, 2.75) is 19.8 Å². The Kier molecular flexibility index (Phi) is 5.77. The smallest absolute Gasteiger partial charge is 0.276 e. The first-order chi connectivity index (χ1) is 13.9. The van der Waals surface area contributed by atoms with Gasteiger partial charge in [-0.3, -0.25) is 19.6 Å². The molecule has 1 aliphatic rings. The van der Waals surface area contributed by atoms with Crippen LogP contribution in [0.4, 0.5) is 5.69 Å². The molecular weight excluding hydrogens is 370 g/mol. The van der Waals surface area contributed by atoms with Crippen molar-refractivity contribution in [1.82, 2.24) is 10.8 Å². The van der Waals surface area contributed by atoms with E-state index in [2.05, 4.69) is 16.6 Å². The lowest BCUT2D eigenvalue weighted by molar-refractivity contribution is -0.111. The van der Waals surface area contributed by atoms with Crippen LogP contribution in [0.3, 0.4) is 0 Å². The van der Waals surface area contributed by atoms with Gasteiger partial charge < -0.3 is 10.6 Å². The molecule has 0 fully saturated rings. The highest BCUT2D eigenvalue weighted by molar-refractivity contribution is 6.15. The monoisotopic (exact) mass is 389 g/mol. The third-order valence-corrected chi connectivity index (χ3v) is 4.60. The fraction of sp³-hybridized carbons (Fsp3) is 0.136. The Balaban J connectivity index is 1.90. The maximum absolute atomic E-state index is 12.5. The number of terminal acetylenes is 1. The number of carbonyl (C=O) groups excluding carboxylic acids is 3. The molecule has 2 aromatic carbocycles. The molecule has 3 amide bonds. The molecule has 1 aliphatic heterocycles. The fourth-order valence-corrected chi connectivity index (χ4v) is 3.16. The maximum atomic E-state index is 12.5. The van der Waals surface area contributed by atoms with Crippen LogP contribution in [-0.2, 0) is 11.2 Å². The van der Waals surface area contributed by atoms with Gasteiger partial charge >= 0.3 is 0 Å². The first-order valence-electron chi connectivity index (χ1n) is 8.89. The number of rotatable bonds is 5. The zero-order chi connectivity index (χ0) is 21.0. The van der Waals surface area contributed by atoms with E-state index in [-0.39, 0.29) is 17.2 Å². The predicted molar refractivity (Wildman–Crippen MR) is 108 cm³/mol. The van der Waals surface area contributed by atoms with E-state index in [1.165, 1.54) is 23.7 Å². The molecule has 0 radical (unpaired) electrons. The lowest BCUT2D eigenvalue weighted by atomic mass is 9.96. The van der Waals surface area contributed by atoms with E-state index in [1.807, 2.05) is 13.0 Å². The standard InChI is InChI=1S/C22H19N3O4/c1-3-4-7-14-11-16-17(10-13(14)2)21(27)24-19(16)12-20(26)23-18-9-6-5-8-15(18)22(28)25-29/h1,5-6,8-12,29H,4,7H2,2H3,(H,23,26)(H,24,27)(H,25,28)/b19-12-. The van der Waals surface area contributed by atoms with Crippen LogP contribution in [0.2, 0.25) is 0 Å². The van der Waals surface area contributed by atoms with Crippen LogP contribution in [0.25, 0.3) is 5.70 Å². The summed E-state index contributed by atoms with van der Waals surface area (Å²) in [6.07, 6.45) is 7.86. The summed E-state index contributed by atoms with van der Waals surface area (Å²) >= 11 is 0. The molecule has 146 valence electrons. The van der Waals surface area contributed by atoms with E-state index in [9.17, 15) is 14.4 Å². The van der Waals surface area contributed by atoms with Crippen molar-refractivity contribution in [2.24, 2.45) is 0 Å². The highest BCUT2D eigenvalue weighted by atomic mass is 16.5. The molecule has 4 N–H and O–H groups in total. The lowest BCUT2D eigenvalue weighted by Crippen LogP contribution is -2.21. The largest absolute Gasteiger partial charge is 0.322 e. The summed E-state index contributed by atoms with van der Waals surface area (Å²) in [6, 6.07) is 9.89. The summed E-state index contributed by atoms with van der Waals surface area (Å²) in [7, 11) is 0. The number of carbonyl (C=O) groups is 3. The van der Waals surface area contributed by atoms with Crippen LogP contribution in [0.15, 0.2) is 42.5 Å². The third-order valence-electron chi connectivity index (χ3n) is 4.60. The summed E-state index contributed by atoms with van der Waals surface area (Å²) in [5.74, 6) is 1.03. The molecule has 29 heavy (non-hydrogen) atoms. The molecule has 2 aromatic rings. The minimum Gasteiger partial charge on any atom is -0.322 e.